The van der Waals surface area contributed by atoms with E-state index in [-0.39, 0.29) is 19.2 Å². The molecule has 0 saturated carbocycles. The fraction of sp³-hybridized carbons (Fsp3) is 0.500. The Labute approximate surface area is 79.0 Å². The molecule has 1 aromatic heterocycles. The summed E-state index contributed by atoms with van der Waals surface area (Å²) in [5.74, 6) is 0. The second-order valence-electron chi connectivity index (χ2n) is 2.23. The molecule has 0 aliphatic rings. The number of nitrogens with one attached hydrogen (secondary N) is 2. The van der Waals surface area contributed by atoms with Gasteiger partial charge in [-0.05, 0) is 6.92 Å². The monoisotopic (exact) mass is 202 g/mol. The Morgan fingerprint density at radius 2 is 2.38 bits per heavy atom. The van der Waals surface area contributed by atoms with E-state index < -0.39 is 0 Å². The first-order chi connectivity index (χ1) is 6.22. The molecule has 0 fully saturated rings. The molecule has 0 aliphatic heterocycles. The quantitative estimate of drug-likeness (QED) is 0.642. The Morgan fingerprint density at radius 3 is 2.92 bits per heavy atom. The molecule has 0 aromatic carbocycles. The van der Waals surface area contributed by atoms with E-state index in [2.05, 4.69) is 20.8 Å². The number of aliphatic hydroxyl groups excluding tert-OH is 1. The van der Waals surface area contributed by atoms with Crippen LogP contribution in [0.1, 0.15) is 5.01 Å². The molecule has 72 valence electrons. The zero-order chi connectivity index (χ0) is 9.68. The number of aliphatic hydroxyl groups is 1. The van der Waals surface area contributed by atoms with Crippen LogP contribution in [-0.2, 0) is 0 Å². The molecular formula is C6H10N4O2S. The summed E-state index contributed by atoms with van der Waals surface area (Å²) in [6, 6.07) is -0.384. The molecule has 1 heterocycles. The van der Waals surface area contributed by atoms with Gasteiger partial charge in [0.15, 0.2) is 0 Å². The van der Waals surface area contributed by atoms with Gasteiger partial charge in [-0.2, -0.15) is 0 Å². The van der Waals surface area contributed by atoms with Crippen LogP contribution in [0.2, 0.25) is 0 Å². The average Bonchev–Trinajstić information content (AvgIpc) is 2.48. The van der Waals surface area contributed by atoms with Crippen LogP contribution in [-0.4, -0.2) is 34.5 Å². The molecule has 0 spiro atoms. The Kier molecular flexibility index (Phi) is 3.59. The maximum atomic E-state index is 11.0. The molecule has 3 N–H and O–H groups in total. The summed E-state index contributed by atoms with van der Waals surface area (Å²) in [6.45, 7) is 1.95. The van der Waals surface area contributed by atoms with Crippen LogP contribution in [0.3, 0.4) is 0 Å². The molecule has 1 aromatic rings. The molecule has 13 heavy (non-hydrogen) atoms. The summed E-state index contributed by atoms with van der Waals surface area (Å²) in [6.07, 6.45) is 0. The lowest BCUT2D eigenvalue weighted by atomic mass is 10.7. The zero-order valence-corrected chi connectivity index (χ0v) is 7.89. The van der Waals surface area contributed by atoms with Gasteiger partial charge in [-0.25, -0.2) is 4.79 Å². The first-order valence-corrected chi connectivity index (χ1v) is 4.50. The van der Waals surface area contributed by atoms with E-state index in [4.69, 9.17) is 5.11 Å². The minimum atomic E-state index is -0.384. The van der Waals surface area contributed by atoms with Crippen molar-refractivity contribution < 1.29 is 9.90 Å². The van der Waals surface area contributed by atoms with E-state index in [0.29, 0.717) is 5.13 Å². The summed E-state index contributed by atoms with van der Waals surface area (Å²) in [5.41, 5.74) is 0. The Bertz CT molecular complexity index is 288. The van der Waals surface area contributed by atoms with E-state index in [1.54, 1.807) is 6.92 Å². The summed E-state index contributed by atoms with van der Waals surface area (Å²) >= 11 is 1.29. The molecule has 0 unspecified atom stereocenters. The van der Waals surface area contributed by atoms with Crippen molar-refractivity contribution in [1.29, 1.82) is 0 Å². The summed E-state index contributed by atoms with van der Waals surface area (Å²) < 4.78 is 0. The van der Waals surface area contributed by atoms with Gasteiger partial charge in [-0.15, -0.1) is 10.2 Å². The fourth-order valence-electron chi connectivity index (χ4n) is 0.658. The number of rotatable bonds is 3. The van der Waals surface area contributed by atoms with E-state index in [1.165, 1.54) is 11.3 Å². The van der Waals surface area contributed by atoms with E-state index in [9.17, 15) is 4.79 Å². The third kappa shape index (κ3) is 3.34. The van der Waals surface area contributed by atoms with E-state index in [0.717, 1.165) is 5.01 Å². The minimum absolute atomic E-state index is 0.0808. The molecule has 0 atom stereocenters. The van der Waals surface area contributed by atoms with Crippen molar-refractivity contribution in [2.24, 2.45) is 0 Å². The number of urea groups is 1. The molecule has 0 radical (unpaired) electrons. The number of aromatic nitrogens is 2. The van der Waals surface area contributed by atoms with Crippen molar-refractivity contribution in [3.05, 3.63) is 5.01 Å². The van der Waals surface area contributed by atoms with Gasteiger partial charge in [-0.1, -0.05) is 11.3 Å². The third-order valence-electron chi connectivity index (χ3n) is 1.14. The maximum absolute atomic E-state index is 11.0. The number of anilines is 1. The first-order valence-electron chi connectivity index (χ1n) is 3.68. The lowest BCUT2D eigenvalue weighted by molar-refractivity contribution is 0.245. The van der Waals surface area contributed by atoms with Crippen molar-refractivity contribution in [3.63, 3.8) is 0 Å². The van der Waals surface area contributed by atoms with Gasteiger partial charge in [0.05, 0.1) is 6.61 Å². The molecule has 0 saturated heterocycles. The minimum Gasteiger partial charge on any atom is -0.395 e. The van der Waals surface area contributed by atoms with Crippen LogP contribution in [0.5, 0.6) is 0 Å². The van der Waals surface area contributed by atoms with Crippen LogP contribution in [0.15, 0.2) is 0 Å². The van der Waals surface area contributed by atoms with Crippen LogP contribution in [0, 0.1) is 6.92 Å². The molecule has 0 aliphatic carbocycles. The molecule has 0 bridgehead atoms. The van der Waals surface area contributed by atoms with Gasteiger partial charge in [0, 0.05) is 6.54 Å². The third-order valence-corrected chi connectivity index (χ3v) is 1.90. The number of hydrogen-bond donors (Lipinski definition) is 3. The number of nitrogens with zero attached hydrogens (tertiary/aromatic N) is 2. The summed E-state index contributed by atoms with van der Waals surface area (Å²) in [7, 11) is 0. The van der Waals surface area contributed by atoms with Gasteiger partial charge in [0.25, 0.3) is 0 Å². The highest BCUT2D eigenvalue weighted by Crippen LogP contribution is 2.12. The number of hydrogen-bond acceptors (Lipinski definition) is 5. The maximum Gasteiger partial charge on any atom is 0.321 e. The highest BCUT2D eigenvalue weighted by atomic mass is 32.1. The molecule has 1 rings (SSSR count). The van der Waals surface area contributed by atoms with Gasteiger partial charge in [-0.3, -0.25) is 5.32 Å². The molecule has 6 nitrogen and oxygen atoms in total. The molecule has 7 heteroatoms. The van der Waals surface area contributed by atoms with Crippen molar-refractivity contribution >= 4 is 22.5 Å². The second kappa shape index (κ2) is 4.73. The number of carbonyl (C=O) groups is 1. The molecular weight excluding hydrogens is 192 g/mol. The smallest absolute Gasteiger partial charge is 0.321 e. The highest BCUT2D eigenvalue weighted by Gasteiger charge is 2.04. The number of carbonyl (C=O) groups excluding carboxylic acids is 1. The fourth-order valence-corrected chi connectivity index (χ4v) is 1.24. The van der Waals surface area contributed by atoms with Gasteiger partial charge >= 0.3 is 6.03 Å². The normalized spacial score (nSPS) is 9.69. The predicted octanol–water partition coefficient (Wildman–Crippen LogP) is -0.0397. The van der Waals surface area contributed by atoms with Crippen molar-refractivity contribution in [3.8, 4) is 0 Å². The van der Waals surface area contributed by atoms with Crippen LogP contribution >= 0.6 is 11.3 Å². The topological polar surface area (TPSA) is 87.1 Å². The lowest BCUT2D eigenvalue weighted by Gasteiger charge is -2.01. The largest absolute Gasteiger partial charge is 0.395 e. The number of aryl methyl sites for hydroxylation is 1. The Balaban J connectivity index is 2.36. The van der Waals surface area contributed by atoms with Crippen LogP contribution < -0.4 is 10.6 Å². The van der Waals surface area contributed by atoms with Crippen molar-refractivity contribution in [2.75, 3.05) is 18.5 Å². The van der Waals surface area contributed by atoms with Gasteiger partial charge < -0.3 is 10.4 Å². The van der Waals surface area contributed by atoms with Gasteiger partial charge in [0.2, 0.25) is 5.13 Å². The first kappa shape index (κ1) is 9.87. The SMILES string of the molecule is Cc1nnc(NC(=O)NCCO)s1. The summed E-state index contributed by atoms with van der Waals surface area (Å²) in [4.78, 5) is 11.0. The standard InChI is InChI=1S/C6H10N4O2S/c1-4-9-10-6(13-4)8-5(12)7-2-3-11/h11H,2-3H2,1H3,(H2,7,8,10,12). The molecule has 2 amide bonds. The lowest BCUT2D eigenvalue weighted by Crippen LogP contribution is -2.30. The zero-order valence-electron chi connectivity index (χ0n) is 7.07. The van der Waals surface area contributed by atoms with Crippen molar-refractivity contribution in [2.45, 2.75) is 6.92 Å². The average molecular weight is 202 g/mol. The van der Waals surface area contributed by atoms with E-state index in [1.807, 2.05) is 0 Å². The Hall–Kier alpha value is -1.21. The van der Waals surface area contributed by atoms with Crippen molar-refractivity contribution in [1.82, 2.24) is 15.5 Å². The van der Waals surface area contributed by atoms with Crippen LogP contribution in [0.25, 0.3) is 0 Å². The summed E-state index contributed by atoms with van der Waals surface area (Å²) in [5, 5.41) is 22.0. The van der Waals surface area contributed by atoms with E-state index >= 15 is 0 Å². The second-order valence-corrected chi connectivity index (χ2v) is 3.41. The predicted molar refractivity (Wildman–Crippen MR) is 48.8 cm³/mol. The van der Waals surface area contributed by atoms with Gasteiger partial charge in [0.1, 0.15) is 5.01 Å². The number of amides is 2. The highest BCUT2D eigenvalue weighted by molar-refractivity contribution is 7.15. The Morgan fingerprint density at radius 1 is 1.62 bits per heavy atom. The van der Waals surface area contributed by atoms with Crippen LogP contribution in [0.4, 0.5) is 9.93 Å².